The van der Waals surface area contributed by atoms with Gasteiger partial charge >= 0.3 is 5.97 Å². The van der Waals surface area contributed by atoms with E-state index in [-0.39, 0.29) is 0 Å². The Hall–Kier alpha value is -1.77. The van der Waals surface area contributed by atoms with Crippen LogP contribution in [0.3, 0.4) is 0 Å². The SMILES string of the molecule is O=C(O)C1=CN2CCC3C=CC=CC3C2C=C1. The van der Waals surface area contributed by atoms with E-state index in [9.17, 15) is 4.79 Å². The minimum absolute atomic E-state index is 0.318. The van der Waals surface area contributed by atoms with Crippen molar-refractivity contribution in [2.24, 2.45) is 11.8 Å². The van der Waals surface area contributed by atoms with Crippen molar-refractivity contribution in [1.29, 1.82) is 0 Å². The van der Waals surface area contributed by atoms with Gasteiger partial charge in [-0.25, -0.2) is 4.79 Å². The van der Waals surface area contributed by atoms with Crippen molar-refractivity contribution in [1.82, 2.24) is 4.90 Å². The number of nitrogens with zero attached hydrogens (tertiary/aromatic N) is 1. The molecule has 0 radical (unpaired) electrons. The maximum Gasteiger partial charge on any atom is 0.337 e. The second-order valence-electron chi connectivity index (χ2n) is 4.78. The van der Waals surface area contributed by atoms with E-state index in [0.717, 1.165) is 13.0 Å². The maximum atomic E-state index is 10.9. The van der Waals surface area contributed by atoms with E-state index in [1.165, 1.54) is 0 Å². The highest BCUT2D eigenvalue weighted by molar-refractivity contribution is 5.90. The Labute approximate surface area is 100 Å². The topological polar surface area (TPSA) is 40.5 Å². The Morgan fingerprint density at radius 1 is 1.29 bits per heavy atom. The average Bonchev–Trinajstić information content (AvgIpc) is 2.38. The molecule has 1 aliphatic carbocycles. The van der Waals surface area contributed by atoms with Crippen LogP contribution in [-0.2, 0) is 4.79 Å². The second-order valence-corrected chi connectivity index (χ2v) is 4.78. The number of carboxylic acid groups (broad SMARTS) is 1. The Morgan fingerprint density at radius 3 is 2.94 bits per heavy atom. The molecule has 3 rings (SSSR count). The molecule has 0 saturated carbocycles. The van der Waals surface area contributed by atoms with Crippen LogP contribution in [0.25, 0.3) is 0 Å². The van der Waals surface area contributed by atoms with Crippen molar-refractivity contribution in [3.63, 3.8) is 0 Å². The molecule has 0 aromatic heterocycles. The fourth-order valence-electron chi connectivity index (χ4n) is 2.93. The van der Waals surface area contributed by atoms with Gasteiger partial charge in [0, 0.05) is 18.7 Å². The first-order valence-corrected chi connectivity index (χ1v) is 6.00. The van der Waals surface area contributed by atoms with E-state index >= 15 is 0 Å². The molecule has 3 atom stereocenters. The normalized spacial score (nSPS) is 34.0. The Balaban J connectivity index is 1.87. The van der Waals surface area contributed by atoms with Gasteiger partial charge in [0.1, 0.15) is 0 Å². The first kappa shape index (κ1) is 10.4. The van der Waals surface area contributed by atoms with E-state index in [4.69, 9.17) is 5.11 Å². The van der Waals surface area contributed by atoms with Crippen LogP contribution in [-0.4, -0.2) is 28.6 Å². The van der Waals surface area contributed by atoms with E-state index in [2.05, 4.69) is 29.2 Å². The Morgan fingerprint density at radius 2 is 2.12 bits per heavy atom. The molecule has 1 N–H and O–H groups in total. The molecular weight excluding hydrogens is 214 g/mol. The van der Waals surface area contributed by atoms with Crippen LogP contribution < -0.4 is 0 Å². The molecule has 2 heterocycles. The van der Waals surface area contributed by atoms with Crippen LogP contribution in [0.2, 0.25) is 0 Å². The molecule has 3 nitrogen and oxygen atoms in total. The smallest absolute Gasteiger partial charge is 0.337 e. The van der Waals surface area contributed by atoms with Gasteiger partial charge in [-0.1, -0.05) is 30.4 Å². The lowest BCUT2D eigenvalue weighted by atomic mass is 9.76. The van der Waals surface area contributed by atoms with Crippen LogP contribution in [0.5, 0.6) is 0 Å². The van der Waals surface area contributed by atoms with E-state index in [0.29, 0.717) is 23.5 Å². The number of rotatable bonds is 1. The van der Waals surface area contributed by atoms with Crippen LogP contribution in [0.4, 0.5) is 0 Å². The zero-order chi connectivity index (χ0) is 11.8. The maximum absolute atomic E-state index is 10.9. The molecule has 0 aromatic rings. The van der Waals surface area contributed by atoms with E-state index < -0.39 is 5.97 Å². The standard InChI is InChI=1S/C14H15NO2/c16-14(17)11-5-6-13-12-4-2-1-3-10(12)7-8-15(13)9-11/h1-6,9-10,12-13H,7-8H2,(H,16,17). The number of allylic oxidation sites excluding steroid dienone is 3. The van der Waals surface area contributed by atoms with Gasteiger partial charge in [-0.2, -0.15) is 0 Å². The summed E-state index contributed by atoms with van der Waals surface area (Å²) in [5, 5.41) is 8.99. The predicted molar refractivity (Wildman–Crippen MR) is 65.2 cm³/mol. The number of carboxylic acids is 1. The lowest BCUT2D eigenvalue weighted by molar-refractivity contribution is -0.132. The first-order chi connectivity index (χ1) is 8.25. The van der Waals surface area contributed by atoms with Gasteiger partial charge < -0.3 is 10.0 Å². The van der Waals surface area contributed by atoms with Crippen molar-refractivity contribution in [2.45, 2.75) is 12.5 Å². The Bertz CT molecular complexity index is 459. The highest BCUT2D eigenvalue weighted by atomic mass is 16.4. The summed E-state index contributed by atoms with van der Waals surface area (Å²) in [6, 6.07) is 0.318. The third-order valence-corrected chi connectivity index (χ3v) is 3.82. The van der Waals surface area contributed by atoms with Crippen molar-refractivity contribution in [3.8, 4) is 0 Å². The molecule has 0 aromatic carbocycles. The quantitative estimate of drug-likeness (QED) is 0.747. The van der Waals surface area contributed by atoms with Gasteiger partial charge in [0.2, 0.25) is 0 Å². The molecular formula is C14H15NO2. The zero-order valence-electron chi connectivity index (χ0n) is 9.49. The highest BCUT2D eigenvalue weighted by Crippen LogP contribution is 2.36. The number of hydrogen-bond donors (Lipinski definition) is 1. The minimum Gasteiger partial charge on any atom is -0.478 e. The van der Waals surface area contributed by atoms with Crippen molar-refractivity contribution < 1.29 is 9.90 Å². The van der Waals surface area contributed by atoms with Crippen LogP contribution in [0.1, 0.15) is 6.42 Å². The summed E-state index contributed by atoms with van der Waals surface area (Å²) in [7, 11) is 0. The summed E-state index contributed by atoms with van der Waals surface area (Å²) in [6.07, 6.45) is 15.4. The van der Waals surface area contributed by atoms with Crippen molar-refractivity contribution in [3.05, 3.63) is 48.2 Å². The molecule has 1 fully saturated rings. The molecule has 17 heavy (non-hydrogen) atoms. The number of hydrogen-bond acceptors (Lipinski definition) is 2. The van der Waals surface area contributed by atoms with Crippen LogP contribution in [0.15, 0.2) is 48.2 Å². The molecule has 3 heteroatoms. The van der Waals surface area contributed by atoms with Gasteiger partial charge in [0.25, 0.3) is 0 Å². The fourth-order valence-corrected chi connectivity index (χ4v) is 2.93. The molecule has 3 aliphatic rings. The predicted octanol–water partition coefficient (Wildman–Crippen LogP) is 1.96. The van der Waals surface area contributed by atoms with Gasteiger partial charge in [0.05, 0.1) is 11.6 Å². The highest BCUT2D eigenvalue weighted by Gasteiger charge is 2.35. The van der Waals surface area contributed by atoms with Crippen molar-refractivity contribution >= 4 is 5.97 Å². The van der Waals surface area contributed by atoms with Crippen molar-refractivity contribution in [2.75, 3.05) is 6.54 Å². The van der Waals surface area contributed by atoms with Gasteiger partial charge in [-0.3, -0.25) is 0 Å². The molecule has 88 valence electrons. The number of fused-ring (bicyclic) bond motifs is 3. The Kier molecular flexibility index (Phi) is 2.39. The summed E-state index contributed by atoms with van der Waals surface area (Å²) >= 11 is 0. The lowest BCUT2D eigenvalue weighted by Crippen LogP contribution is -2.46. The number of carbonyl (C=O) groups is 1. The van der Waals surface area contributed by atoms with E-state index in [1.54, 1.807) is 12.3 Å². The molecule has 0 spiro atoms. The van der Waals surface area contributed by atoms with E-state index in [1.807, 2.05) is 6.08 Å². The molecule has 3 unspecified atom stereocenters. The molecule has 0 bridgehead atoms. The molecule has 0 amide bonds. The van der Waals surface area contributed by atoms with Gasteiger partial charge in [-0.15, -0.1) is 0 Å². The minimum atomic E-state index is -0.846. The third-order valence-electron chi connectivity index (χ3n) is 3.82. The summed E-state index contributed by atoms with van der Waals surface area (Å²) in [6.45, 7) is 0.936. The fraction of sp³-hybridized carbons (Fsp3) is 0.357. The van der Waals surface area contributed by atoms with Gasteiger partial charge in [0.15, 0.2) is 0 Å². The second kappa shape index (κ2) is 3.91. The summed E-state index contributed by atoms with van der Waals surface area (Å²) in [5.41, 5.74) is 0.384. The first-order valence-electron chi connectivity index (χ1n) is 6.00. The molecule has 2 aliphatic heterocycles. The zero-order valence-corrected chi connectivity index (χ0v) is 9.49. The summed E-state index contributed by atoms with van der Waals surface area (Å²) < 4.78 is 0. The average molecular weight is 229 g/mol. The summed E-state index contributed by atoms with van der Waals surface area (Å²) in [5.74, 6) is 0.239. The summed E-state index contributed by atoms with van der Waals surface area (Å²) in [4.78, 5) is 13.1. The third kappa shape index (κ3) is 1.71. The largest absolute Gasteiger partial charge is 0.478 e. The molecule has 1 saturated heterocycles. The number of aliphatic carboxylic acids is 1. The lowest BCUT2D eigenvalue weighted by Gasteiger charge is -2.44. The number of piperidine rings is 1. The monoisotopic (exact) mass is 229 g/mol. The van der Waals surface area contributed by atoms with Crippen LogP contribution in [0, 0.1) is 11.8 Å². The van der Waals surface area contributed by atoms with Gasteiger partial charge in [-0.05, 0) is 18.4 Å². The van der Waals surface area contributed by atoms with Crippen LogP contribution >= 0.6 is 0 Å².